The van der Waals surface area contributed by atoms with Gasteiger partial charge in [0.1, 0.15) is 5.75 Å². The van der Waals surface area contributed by atoms with Gasteiger partial charge in [0, 0.05) is 30.7 Å². The Morgan fingerprint density at radius 1 is 0.927 bits per heavy atom. The zero-order valence-electron chi connectivity index (χ0n) is 23.8. The first-order chi connectivity index (χ1) is 18.7. The zero-order chi connectivity index (χ0) is 25.9. The molecule has 9 nitrogen and oxygen atoms in total. The van der Waals surface area contributed by atoms with Crippen molar-refractivity contribution in [3.63, 3.8) is 0 Å². The first-order valence-electron chi connectivity index (χ1n) is 14.6. The van der Waals surface area contributed by atoms with Gasteiger partial charge in [0.25, 0.3) is 0 Å². The molecular weight excluding hydrogens is 583 g/mol. The van der Waals surface area contributed by atoms with Gasteiger partial charge in [-0.15, -0.1) is 37.2 Å². The van der Waals surface area contributed by atoms with Crippen LogP contribution in [0.5, 0.6) is 5.75 Å². The lowest BCUT2D eigenvalue weighted by molar-refractivity contribution is 0.180. The van der Waals surface area contributed by atoms with E-state index in [2.05, 4.69) is 38.5 Å². The largest absolute Gasteiger partial charge is 0.496 e. The molecular formula is C29H45Cl3N8O. The van der Waals surface area contributed by atoms with E-state index in [0.717, 1.165) is 74.2 Å². The topological polar surface area (TPSA) is 106 Å². The fourth-order valence-corrected chi connectivity index (χ4v) is 6.58. The Hall–Kier alpha value is -2.04. The van der Waals surface area contributed by atoms with E-state index in [9.17, 15) is 0 Å². The second-order valence-electron chi connectivity index (χ2n) is 11.4. The highest BCUT2D eigenvalue weighted by Gasteiger charge is 2.28. The summed E-state index contributed by atoms with van der Waals surface area (Å²) >= 11 is 0. The average Bonchev–Trinajstić information content (AvgIpc) is 3.62. The molecule has 228 valence electrons. The van der Waals surface area contributed by atoms with Gasteiger partial charge in [-0.2, -0.15) is 9.97 Å². The lowest BCUT2D eigenvalue weighted by atomic mass is 9.92. The van der Waals surface area contributed by atoms with Crippen LogP contribution in [0.4, 0.5) is 11.8 Å². The number of para-hydroxylation sites is 1. The smallest absolute Gasteiger partial charge is 0.227 e. The molecule has 41 heavy (non-hydrogen) atoms. The number of nitrogens with zero attached hydrogens (tertiary/aromatic N) is 5. The van der Waals surface area contributed by atoms with Crippen LogP contribution in [0.2, 0.25) is 0 Å². The van der Waals surface area contributed by atoms with Crippen molar-refractivity contribution in [1.29, 1.82) is 0 Å². The second kappa shape index (κ2) is 15.4. The maximum absolute atomic E-state index is 6.16. The quantitative estimate of drug-likeness (QED) is 0.266. The summed E-state index contributed by atoms with van der Waals surface area (Å²) in [5.41, 5.74) is 12.9. The molecule has 6 rings (SSSR count). The van der Waals surface area contributed by atoms with Gasteiger partial charge < -0.3 is 25.8 Å². The fourth-order valence-electron chi connectivity index (χ4n) is 6.58. The molecule has 3 aliphatic rings. The molecule has 1 unspecified atom stereocenters. The Bertz CT molecular complexity index is 1230. The van der Waals surface area contributed by atoms with Crippen molar-refractivity contribution in [3.05, 3.63) is 36.2 Å². The lowest BCUT2D eigenvalue weighted by Crippen LogP contribution is -2.45. The van der Waals surface area contributed by atoms with Gasteiger partial charge in [0.05, 0.1) is 13.4 Å². The molecule has 1 aliphatic heterocycles. The lowest BCUT2D eigenvalue weighted by Gasteiger charge is -2.36. The summed E-state index contributed by atoms with van der Waals surface area (Å²) in [4.78, 5) is 14.9. The van der Waals surface area contributed by atoms with E-state index in [0.29, 0.717) is 30.1 Å². The molecule has 1 aromatic carbocycles. The van der Waals surface area contributed by atoms with Crippen LogP contribution >= 0.6 is 37.2 Å². The molecule has 3 aromatic rings. The minimum Gasteiger partial charge on any atom is -0.496 e. The van der Waals surface area contributed by atoms with Crippen molar-refractivity contribution in [1.82, 2.24) is 24.5 Å². The number of halogens is 3. The molecule has 0 spiro atoms. The molecule has 0 amide bonds. The number of nitrogens with two attached hydrogens (primary N) is 1. The number of rotatable bonds is 8. The number of ether oxygens (including phenoxy) is 1. The van der Waals surface area contributed by atoms with Crippen molar-refractivity contribution in [3.8, 4) is 5.75 Å². The van der Waals surface area contributed by atoms with Crippen LogP contribution < -0.4 is 21.2 Å². The summed E-state index contributed by atoms with van der Waals surface area (Å²) in [6.45, 7) is 0.970. The van der Waals surface area contributed by atoms with E-state index in [1.165, 1.54) is 37.7 Å². The minimum absolute atomic E-state index is 0. The number of aromatic nitrogens is 4. The maximum Gasteiger partial charge on any atom is 0.227 e. The van der Waals surface area contributed by atoms with Gasteiger partial charge in [-0.25, -0.2) is 9.99 Å². The van der Waals surface area contributed by atoms with Crippen molar-refractivity contribution < 1.29 is 4.74 Å². The summed E-state index contributed by atoms with van der Waals surface area (Å²) in [5, 5.41) is 6.02. The molecule has 0 bridgehead atoms. The molecule has 12 heteroatoms. The number of imidazole rings is 1. The number of hydrogen-bond acceptors (Lipinski definition) is 8. The summed E-state index contributed by atoms with van der Waals surface area (Å²) in [6.07, 6.45) is 15.5. The summed E-state index contributed by atoms with van der Waals surface area (Å²) in [5.74, 6) is 2.45. The van der Waals surface area contributed by atoms with Crippen LogP contribution in [0.3, 0.4) is 0 Å². The number of piperidine rings is 1. The SMILES string of the molecule is COc1ccccc1CC1CCCCN1Nc1nc(NC2CCC(N)CC2)nc2c1ncn2C1CCCC1.Cl.Cl.Cl. The van der Waals surface area contributed by atoms with Crippen molar-refractivity contribution in [2.45, 2.75) is 101 Å². The normalized spacial score (nSPS) is 23.2. The molecule has 2 saturated carbocycles. The molecule has 3 heterocycles. The summed E-state index contributed by atoms with van der Waals surface area (Å²) in [6, 6.07) is 9.85. The predicted molar refractivity (Wildman–Crippen MR) is 173 cm³/mol. The first kappa shape index (κ1) is 33.5. The zero-order valence-corrected chi connectivity index (χ0v) is 26.3. The molecule has 0 radical (unpaired) electrons. The second-order valence-corrected chi connectivity index (χ2v) is 11.4. The molecule has 4 N–H and O–H groups in total. The van der Waals surface area contributed by atoms with Crippen molar-refractivity contribution in [2.75, 3.05) is 24.4 Å². The van der Waals surface area contributed by atoms with E-state index in [4.69, 9.17) is 25.4 Å². The number of methoxy groups -OCH3 is 1. The number of nitrogens with one attached hydrogen (secondary N) is 2. The predicted octanol–water partition coefficient (Wildman–Crippen LogP) is 6.32. The fraction of sp³-hybridized carbons (Fsp3) is 0.621. The average molecular weight is 628 g/mol. The third-order valence-corrected chi connectivity index (χ3v) is 8.77. The van der Waals surface area contributed by atoms with Gasteiger partial charge in [-0.05, 0) is 69.4 Å². The Kier molecular flexibility index (Phi) is 12.6. The third-order valence-electron chi connectivity index (χ3n) is 8.77. The highest BCUT2D eigenvalue weighted by atomic mass is 35.5. The highest BCUT2D eigenvalue weighted by molar-refractivity contribution is 5.86. The van der Waals surface area contributed by atoms with E-state index < -0.39 is 0 Å². The van der Waals surface area contributed by atoms with Crippen LogP contribution in [-0.2, 0) is 6.42 Å². The van der Waals surface area contributed by atoms with Crippen molar-refractivity contribution in [2.24, 2.45) is 5.73 Å². The van der Waals surface area contributed by atoms with Crippen molar-refractivity contribution >= 4 is 60.2 Å². The van der Waals surface area contributed by atoms with E-state index in [1.807, 2.05) is 12.4 Å². The van der Waals surface area contributed by atoms with Crippen LogP contribution in [0.1, 0.15) is 82.2 Å². The Balaban J connectivity index is 0.00000154. The van der Waals surface area contributed by atoms with Gasteiger partial charge in [0.2, 0.25) is 5.95 Å². The Morgan fingerprint density at radius 3 is 2.41 bits per heavy atom. The highest BCUT2D eigenvalue weighted by Crippen LogP contribution is 2.34. The Labute approximate surface area is 262 Å². The third kappa shape index (κ3) is 7.68. The number of benzene rings is 1. The number of hydrazine groups is 1. The van der Waals surface area contributed by atoms with E-state index in [-0.39, 0.29) is 37.2 Å². The molecule has 2 aromatic heterocycles. The van der Waals surface area contributed by atoms with E-state index in [1.54, 1.807) is 7.11 Å². The van der Waals surface area contributed by atoms with Crippen LogP contribution in [-0.4, -0.2) is 56.3 Å². The minimum atomic E-state index is 0. The van der Waals surface area contributed by atoms with Gasteiger partial charge >= 0.3 is 0 Å². The van der Waals surface area contributed by atoms with Crippen LogP contribution in [0, 0.1) is 0 Å². The molecule has 1 saturated heterocycles. The monoisotopic (exact) mass is 626 g/mol. The number of anilines is 2. The van der Waals surface area contributed by atoms with Crippen LogP contribution in [0.15, 0.2) is 30.6 Å². The van der Waals surface area contributed by atoms with Gasteiger partial charge in [0.15, 0.2) is 17.0 Å². The standard InChI is InChI=1S/C29H42N8O.3ClH/c1-38-25-12-5-2-8-20(25)18-24-11-6-7-17-37(24)35-27-26-28(36(19-31-26)23-9-3-4-10-23)34-29(33-27)32-22-15-13-21(30)14-16-22;;;/h2,5,8,12,19,21-24H,3-4,6-7,9-11,13-18,30H2,1H3,(H2,32,33,34,35);3*1H. The van der Waals surface area contributed by atoms with Gasteiger partial charge in [-0.1, -0.05) is 37.5 Å². The van der Waals surface area contributed by atoms with E-state index >= 15 is 0 Å². The summed E-state index contributed by atoms with van der Waals surface area (Å²) in [7, 11) is 1.75. The molecule has 3 fully saturated rings. The Morgan fingerprint density at radius 2 is 1.66 bits per heavy atom. The first-order valence-corrected chi connectivity index (χ1v) is 14.6. The number of fused-ring (bicyclic) bond motifs is 1. The summed E-state index contributed by atoms with van der Waals surface area (Å²) < 4.78 is 7.95. The number of hydrogen-bond donors (Lipinski definition) is 3. The van der Waals surface area contributed by atoms with Crippen LogP contribution in [0.25, 0.3) is 11.2 Å². The molecule has 2 aliphatic carbocycles. The van der Waals surface area contributed by atoms with Gasteiger partial charge in [-0.3, -0.25) is 0 Å². The molecule has 1 atom stereocenters. The maximum atomic E-state index is 6.16.